The Hall–Kier alpha value is -3.67. The molecule has 0 aliphatic heterocycles. The number of carbonyl (C=O) groups excluding carboxylic acids is 2. The van der Waals surface area contributed by atoms with Crippen LogP contribution in [0.4, 0.5) is 0 Å². The van der Waals surface area contributed by atoms with E-state index >= 15 is 0 Å². The lowest BCUT2D eigenvalue weighted by Gasteiger charge is -2.06. The van der Waals surface area contributed by atoms with Gasteiger partial charge in [0.15, 0.2) is 0 Å². The Morgan fingerprint density at radius 2 is 1.86 bits per heavy atom. The number of hydrogen-bond donors (Lipinski definition) is 2. The number of rotatable bonds is 6. The van der Waals surface area contributed by atoms with Crippen LogP contribution < -0.4 is 5.32 Å². The zero-order chi connectivity index (χ0) is 19.5. The third-order valence-electron chi connectivity index (χ3n) is 4.73. The van der Waals surface area contributed by atoms with Crippen LogP contribution in [-0.4, -0.2) is 33.0 Å². The Morgan fingerprint density at radius 3 is 2.61 bits per heavy atom. The van der Waals surface area contributed by atoms with Crippen LogP contribution >= 0.6 is 0 Å². The molecule has 2 N–H and O–H groups in total. The number of carbonyl (C=O) groups is 2. The molecule has 0 unspecified atom stereocenters. The largest absolute Gasteiger partial charge is 0.358 e. The van der Waals surface area contributed by atoms with Crippen LogP contribution in [0.2, 0.25) is 0 Å². The number of nitrogens with zero attached hydrogens (tertiary/aromatic N) is 2. The molecule has 0 radical (unpaired) electrons. The second-order valence-corrected chi connectivity index (χ2v) is 6.62. The van der Waals surface area contributed by atoms with Crippen molar-refractivity contribution >= 4 is 22.6 Å². The van der Waals surface area contributed by atoms with Gasteiger partial charge < -0.3 is 10.3 Å². The second kappa shape index (κ2) is 7.52. The molecule has 0 atom stereocenters. The molecule has 4 rings (SSSR count). The zero-order valence-electron chi connectivity index (χ0n) is 15.5. The van der Waals surface area contributed by atoms with Crippen molar-refractivity contribution in [3.63, 3.8) is 0 Å². The van der Waals surface area contributed by atoms with Crippen molar-refractivity contribution in [2.45, 2.75) is 13.3 Å². The summed E-state index contributed by atoms with van der Waals surface area (Å²) in [5.74, 6) is -1.09. The van der Waals surface area contributed by atoms with Gasteiger partial charge in [-0.1, -0.05) is 30.3 Å². The SMILES string of the molecule is Cc1[nH]c2ccccc2c1C(=O)C(=O)NCCc1ccc(-n2cccn2)cc1. The summed E-state index contributed by atoms with van der Waals surface area (Å²) >= 11 is 0. The molecule has 2 aromatic heterocycles. The van der Waals surface area contributed by atoms with Crippen LogP contribution in [0.3, 0.4) is 0 Å². The van der Waals surface area contributed by atoms with E-state index in [2.05, 4.69) is 15.4 Å². The van der Waals surface area contributed by atoms with Crippen LogP contribution in [0, 0.1) is 6.92 Å². The fourth-order valence-corrected chi connectivity index (χ4v) is 3.32. The van der Waals surface area contributed by atoms with E-state index in [0.717, 1.165) is 22.2 Å². The summed E-state index contributed by atoms with van der Waals surface area (Å²) in [5.41, 5.74) is 4.05. The van der Waals surface area contributed by atoms with Crippen molar-refractivity contribution in [1.29, 1.82) is 0 Å². The molecule has 2 aromatic carbocycles. The summed E-state index contributed by atoms with van der Waals surface area (Å²) in [6, 6.07) is 17.3. The molecule has 4 aromatic rings. The van der Waals surface area contributed by atoms with Gasteiger partial charge in [0.1, 0.15) is 0 Å². The number of hydrogen-bond acceptors (Lipinski definition) is 3. The average Bonchev–Trinajstić information content (AvgIpc) is 3.35. The molecule has 140 valence electrons. The Morgan fingerprint density at radius 1 is 1.07 bits per heavy atom. The van der Waals surface area contributed by atoms with Gasteiger partial charge in [-0.3, -0.25) is 9.59 Å². The fraction of sp³-hybridized carbons (Fsp3) is 0.136. The highest BCUT2D eigenvalue weighted by molar-refractivity contribution is 6.45. The topological polar surface area (TPSA) is 79.8 Å². The van der Waals surface area contributed by atoms with E-state index < -0.39 is 11.7 Å². The minimum absolute atomic E-state index is 0.396. The van der Waals surface area contributed by atoms with E-state index in [1.54, 1.807) is 10.9 Å². The minimum Gasteiger partial charge on any atom is -0.358 e. The lowest BCUT2D eigenvalue weighted by Crippen LogP contribution is -2.32. The van der Waals surface area contributed by atoms with Crippen LogP contribution in [0.15, 0.2) is 67.0 Å². The lowest BCUT2D eigenvalue weighted by atomic mass is 10.1. The van der Waals surface area contributed by atoms with Crippen LogP contribution in [0.25, 0.3) is 16.6 Å². The predicted octanol–water partition coefficient (Wildman–Crippen LogP) is 3.20. The molecule has 0 fully saturated rings. The standard InChI is InChI=1S/C22H20N4O2/c1-15-20(18-5-2-3-6-19(18)25-15)21(27)22(28)23-13-11-16-7-9-17(10-8-16)26-14-4-12-24-26/h2-10,12,14,25H,11,13H2,1H3,(H,23,28). The summed E-state index contributed by atoms with van der Waals surface area (Å²) in [4.78, 5) is 28.1. The summed E-state index contributed by atoms with van der Waals surface area (Å²) < 4.78 is 1.79. The highest BCUT2D eigenvalue weighted by Crippen LogP contribution is 2.22. The summed E-state index contributed by atoms with van der Waals surface area (Å²) in [5, 5.41) is 7.70. The van der Waals surface area contributed by atoms with Crippen LogP contribution in [-0.2, 0) is 11.2 Å². The minimum atomic E-state index is -0.582. The molecule has 0 bridgehead atoms. The quantitative estimate of drug-likeness (QED) is 0.403. The third-order valence-corrected chi connectivity index (χ3v) is 4.73. The van der Waals surface area contributed by atoms with E-state index in [-0.39, 0.29) is 0 Å². The molecular weight excluding hydrogens is 352 g/mol. The number of fused-ring (bicyclic) bond motifs is 1. The smallest absolute Gasteiger partial charge is 0.292 e. The molecule has 28 heavy (non-hydrogen) atoms. The first kappa shape index (κ1) is 17.7. The Bertz CT molecular complexity index is 1130. The highest BCUT2D eigenvalue weighted by Gasteiger charge is 2.22. The zero-order valence-corrected chi connectivity index (χ0v) is 15.5. The van der Waals surface area contributed by atoms with Crippen molar-refractivity contribution in [2.24, 2.45) is 0 Å². The van der Waals surface area contributed by atoms with Gasteiger partial charge in [0.2, 0.25) is 0 Å². The maximum absolute atomic E-state index is 12.6. The number of amides is 1. The second-order valence-electron chi connectivity index (χ2n) is 6.62. The molecule has 1 amide bonds. The number of H-pyrrole nitrogens is 1. The number of ketones is 1. The summed E-state index contributed by atoms with van der Waals surface area (Å²) in [6.07, 6.45) is 4.26. The predicted molar refractivity (Wildman–Crippen MR) is 108 cm³/mol. The molecule has 0 saturated carbocycles. The average molecular weight is 372 g/mol. The van der Waals surface area contributed by atoms with Gasteiger partial charge in [0.05, 0.1) is 11.3 Å². The van der Waals surface area contributed by atoms with Gasteiger partial charge >= 0.3 is 0 Å². The van der Waals surface area contributed by atoms with Crippen molar-refractivity contribution in [3.8, 4) is 5.69 Å². The monoisotopic (exact) mass is 372 g/mol. The number of benzene rings is 2. The molecule has 2 heterocycles. The van der Waals surface area contributed by atoms with Gasteiger partial charge in [-0.2, -0.15) is 5.10 Å². The molecule has 0 aliphatic carbocycles. The molecular formula is C22H20N4O2. The number of nitrogens with one attached hydrogen (secondary N) is 2. The molecule has 6 nitrogen and oxygen atoms in total. The fourth-order valence-electron chi connectivity index (χ4n) is 3.32. The molecule has 0 spiro atoms. The first-order chi connectivity index (χ1) is 13.6. The normalized spacial score (nSPS) is 10.9. The van der Waals surface area contributed by atoms with E-state index in [0.29, 0.717) is 24.2 Å². The lowest BCUT2D eigenvalue weighted by molar-refractivity contribution is -0.116. The Labute approximate surface area is 162 Å². The van der Waals surface area contributed by atoms with Gasteiger partial charge in [-0.05, 0) is 43.2 Å². The van der Waals surface area contributed by atoms with Gasteiger partial charge in [0.25, 0.3) is 11.7 Å². The van der Waals surface area contributed by atoms with Crippen molar-refractivity contribution in [1.82, 2.24) is 20.1 Å². The van der Waals surface area contributed by atoms with Crippen molar-refractivity contribution in [2.75, 3.05) is 6.54 Å². The first-order valence-corrected chi connectivity index (χ1v) is 9.12. The van der Waals surface area contributed by atoms with Crippen molar-refractivity contribution < 1.29 is 9.59 Å². The van der Waals surface area contributed by atoms with E-state index in [9.17, 15) is 9.59 Å². The van der Waals surface area contributed by atoms with Crippen LogP contribution in [0.1, 0.15) is 21.6 Å². The van der Waals surface area contributed by atoms with E-state index in [1.807, 2.05) is 67.7 Å². The first-order valence-electron chi connectivity index (χ1n) is 9.12. The van der Waals surface area contributed by atoms with Gasteiger partial charge in [-0.15, -0.1) is 0 Å². The maximum atomic E-state index is 12.6. The van der Waals surface area contributed by atoms with Gasteiger partial charge in [0, 0.05) is 35.5 Å². The van der Waals surface area contributed by atoms with E-state index in [4.69, 9.17) is 0 Å². The highest BCUT2D eigenvalue weighted by atomic mass is 16.2. The van der Waals surface area contributed by atoms with Gasteiger partial charge in [-0.25, -0.2) is 4.68 Å². The molecule has 0 saturated heterocycles. The number of Topliss-reactive ketones (excluding diaryl/α,β-unsaturated/α-hetero) is 1. The molecule has 6 heteroatoms. The molecule has 0 aliphatic rings. The maximum Gasteiger partial charge on any atom is 0.292 e. The summed E-state index contributed by atoms with van der Waals surface area (Å²) in [7, 11) is 0. The number of para-hydroxylation sites is 1. The number of aryl methyl sites for hydroxylation is 1. The van der Waals surface area contributed by atoms with Crippen LogP contribution in [0.5, 0.6) is 0 Å². The van der Waals surface area contributed by atoms with E-state index in [1.165, 1.54) is 0 Å². The summed E-state index contributed by atoms with van der Waals surface area (Å²) in [6.45, 7) is 2.20. The Balaban J connectivity index is 1.38. The number of aromatic nitrogens is 3. The Kier molecular flexibility index (Phi) is 4.76. The number of aromatic amines is 1. The third kappa shape index (κ3) is 3.44. The van der Waals surface area contributed by atoms with Crippen molar-refractivity contribution in [3.05, 3.63) is 83.8 Å².